The second-order valence-corrected chi connectivity index (χ2v) is 5.79. The van der Waals surface area contributed by atoms with Crippen LogP contribution < -0.4 is 5.32 Å². The fourth-order valence-corrected chi connectivity index (χ4v) is 3.11. The normalized spacial score (nSPS) is 18.6. The number of allylic oxidation sites excluding steroid dienone is 1. The summed E-state index contributed by atoms with van der Waals surface area (Å²) >= 11 is 6.18. The van der Waals surface area contributed by atoms with Gasteiger partial charge in [-0.3, -0.25) is 4.90 Å². The second-order valence-electron chi connectivity index (χ2n) is 5.35. The van der Waals surface area contributed by atoms with Gasteiger partial charge in [0.15, 0.2) is 0 Å². The van der Waals surface area contributed by atoms with Gasteiger partial charge in [-0.25, -0.2) is 0 Å². The first kappa shape index (κ1) is 15.6. The van der Waals surface area contributed by atoms with Crippen LogP contribution >= 0.6 is 11.6 Å². The van der Waals surface area contributed by atoms with Crippen LogP contribution in [-0.4, -0.2) is 31.1 Å². The summed E-state index contributed by atoms with van der Waals surface area (Å²) in [5.74, 6) is 0. The van der Waals surface area contributed by atoms with Crippen LogP contribution in [0.4, 0.5) is 0 Å². The predicted molar refractivity (Wildman–Crippen MR) is 87.4 cm³/mol. The Morgan fingerprint density at radius 3 is 2.75 bits per heavy atom. The summed E-state index contributed by atoms with van der Waals surface area (Å²) in [4.78, 5) is 2.55. The molecule has 1 aliphatic heterocycles. The Bertz CT molecular complexity index is 450. The molecule has 1 atom stereocenters. The lowest BCUT2D eigenvalue weighted by Crippen LogP contribution is -2.44. The van der Waals surface area contributed by atoms with Crippen LogP contribution in [0, 0.1) is 0 Å². The lowest BCUT2D eigenvalue weighted by molar-refractivity contribution is 0.202. The Morgan fingerprint density at radius 1 is 1.35 bits per heavy atom. The molecule has 0 bridgehead atoms. The van der Waals surface area contributed by atoms with Crippen LogP contribution in [0.15, 0.2) is 30.4 Å². The second kappa shape index (κ2) is 7.82. The van der Waals surface area contributed by atoms with Gasteiger partial charge in [0.05, 0.1) is 6.04 Å². The van der Waals surface area contributed by atoms with Gasteiger partial charge in [0, 0.05) is 31.2 Å². The summed E-state index contributed by atoms with van der Waals surface area (Å²) in [7, 11) is 0. The highest BCUT2D eigenvalue weighted by atomic mass is 35.5. The summed E-state index contributed by atoms with van der Waals surface area (Å²) in [5, 5.41) is 4.27. The monoisotopic (exact) mass is 292 g/mol. The fourth-order valence-electron chi connectivity index (χ4n) is 2.91. The number of aryl methyl sites for hydroxylation is 1. The van der Waals surface area contributed by atoms with Crippen molar-refractivity contribution < 1.29 is 0 Å². The third-order valence-corrected chi connectivity index (χ3v) is 4.10. The van der Waals surface area contributed by atoms with Gasteiger partial charge in [0.1, 0.15) is 0 Å². The molecule has 1 heterocycles. The summed E-state index contributed by atoms with van der Waals surface area (Å²) in [6, 6.07) is 6.74. The van der Waals surface area contributed by atoms with Crippen molar-refractivity contribution in [2.24, 2.45) is 0 Å². The number of piperazine rings is 1. The maximum Gasteiger partial charge on any atom is 0.0535 e. The van der Waals surface area contributed by atoms with E-state index in [1.54, 1.807) is 0 Å². The molecule has 1 N–H and O–H groups in total. The summed E-state index contributed by atoms with van der Waals surface area (Å²) in [5.41, 5.74) is 2.80. The average Bonchev–Trinajstić information content (AvgIpc) is 2.47. The zero-order valence-electron chi connectivity index (χ0n) is 12.5. The highest BCUT2D eigenvalue weighted by molar-refractivity contribution is 6.30. The average molecular weight is 293 g/mol. The van der Waals surface area contributed by atoms with Crippen LogP contribution in [0.25, 0.3) is 0 Å². The number of hydrogen-bond acceptors (Lipinski definition) is 2. The van der Waals surface area contributed by atoms with E-state index < -0.39 is 0 Å². The van der Waals surface area contributed by atoms with Crippen molar-refractivity contribution >= 4 is 11.6 Å². The Hall–Kier alpha value is -0.830. The molecule has 1 fully saturated rings. The van der Waals surface area contributed by atoms with Gasteiger partial charge in [-0.15, -0.1) is 0 Å². The molecule has 0 radical (unpaired) electrons. The van der Waals surface area contributed by atoms with E-state index in [0.29, 0.717) is 6.04 Å². The molecule has 3 heteroatoms. The lowest BCUT2D eigenvalue weighted by Gasteiger charge is -2.34. The summed E-state index contributed by atoms with van der Waals surface area (Å²) in [6.45, 7) is 8.67. The molecule has 110 valence electrons. The van der Waals surface area contributed by atoms with E-state index in [1.807, 2.05) is 6.07 Å². The molecule has 0 aromatic heterocycles. The molecular weight excluding hydrogens is 268 g/mol. The van der Waals surface area contributed by atoms with Crippen molar-refractivity contribution in [2.75, 3.05) is 26.2 Å². The number of nitrogens with one attached hydrogen (secondary N) is 1. The molecule has 2 nitrogen and oxygen atoms in total. The van der Waals surface area contributed by atoms with Gasteiger partial charge >= 0.3 is 0 Å². The van der Waals surface area contributed by atoms with Crippen molar-refractivity contribution in [1.82, 2.24) is 10.2 Å². The minimum atomic E-state index is 0.376. The molecule has 1 aromatic carbocycles. The van der Waals surface area contributed by atoms with E-state index in [1.165, 1.54) is 11.1 Å². The van der Waals surface area contributed by atoms with Gasteiger partial charge < -0.3 is 5.32 Å². The SMILES string of the molecule is C/C=C/[C@@H](c1ccc(Cl)cc1CCC)N1CCNCC1. The third kappa shape index (κ3) is 3.85. The molecule has 1 aliphatic rings. The van der Waals surface area contributed by atoms with Crippen molar-refractivity contribution in [1.29, 1.82) is 0 Å². The molecule has 0 unspecified atom stereocenters. The van der Waals surface area contributed by atoms with Crippen LogP contribution in [0.2, 0.25) is 5.02 Å². The topological polar surface area (TPSA) is 15.3 Å². The largest absolute Gasteiger partial charge is 0.314 e. The van der Waals surface area contributed by atoms with Crippen molar-refractivity contribution in [3.05, 3.63) is 46.5 Å². The lowest BCUT2D eigenvalue weighted by atomic mass is 9.95. The number of rotatable bonds is 5. The molecule has 2 rings (SSSR count). The van der Waals surface area contributed by atoms with E-state index in [9.17, 15) is 0 Å². The van der Waals surface area contributed by atoms with Crippen molar-refractivity contribution in [3.63, 3.8) is 0 Å². The molecule has 0 spiro atoms. The fraction of sp³-hybridized carbons (Fsp3) is 0.529. The van der Waals surface area contributed by atoms with E-state index in [0.717, 1.165) is 44.0 Å². The zero-order chi connectivity index (χ0) is 14.4. The first-order valence-electron chi connectivity index (χ1n) is 7.62. The number of hydrogen-bond donors (Lipinski definition) is 1. The van der Waals surface area contributed by atoms with E-state index >= 15 is 0 Å². The molecular formula is C17H25ClN2. The standard InChI is InChI=1S/C17H25ClN2/c1-3-5-14-13-15(18)7-8-16(14)17(6-4-2)20-11-9-19-10-12-20/h4,6-8,13,17,19H,3,5,9-12H2,1-2H3/b6-4+/t17-/m0/s1. The van der Waals surface area contributed by atoms with E-state index in [4.69, 9.17) is 11.6 Å². The van der Waals surface area contributed by atoms with Crippen molar-refractivity contribution in [3.8, 4) is 0 Å². The molecule has 1 saturated heterocycles. The molecule has 20 heavy (non-hydrogen) atoms. The van der Waals surface area contributed by atoms with Gasteiger partial charge in [0.25, 0.3) is 0 Å². The number of nitrogens with zero attached hydrogens (tertiary/aromatic N) is 1. The zero-order valence-corrected chi connectivity index (χ0v) is 13.3. The number of halogens is 1. The van der Waals surface area contributed by atoms with Crippen LogP contribution in [0.5, 0.6) is 0 Å². The summed E-state index contributed by atoms with van der Waals surface area (Å²) < 4.78 is 0. The molecule has 1 aromatic rings. The van der Waals surface area contributed by atoms with Crippen LogP contribution in [0.3, 0.4) is 0 Å². The maximum atomic E-state index is 6.18. The quantitative estimate of drug-likeness (QED) is 0.830. The van der Waals surface area contributed by atoms with Crippen LogP contribution in [0.1, 0.15) is 37.4 Å². The first-order chi connectivity index (χ1) is 9.76. The van der Waals surface area contributed by atoms with Gasteiger partial charge in [-0.2, -0.15) is 0 Å². The van der Waals surface area contributed by atoms with Crippen LogP contribution in [-0.2, 0) is 6.42 Å². The maximum absolute atomic E-state index is 6.18. The third-order valence-electron chi connectivity index (χ3n) is 3.86. The Balaban J connectivity index is 2.32. The Labute approximate surface area is 127 Å². The Morgan fingerprint density at radius 2 is 2.10 bits per heavy atom. The molecule has 0 amide bonds. The van der Waals surface area contributed by atoms with Gasteiger partial charge in [-0.1, -0.05) is 43.2 Å². The highest BCUT2D eigenvalue weighted by Crippen LogP contribution is 2.29. The van der Waals surface area contributed by atoms with Gasteiger partial charge in [0.2, 0.25) is 0 Å². The van der Waals surface area contributed by atoms with E-state index in [2.05, 4.69) is 48.3 Å². The number of benzene rings is 1. The molecule has 0 aliphatic carbocycles. The Kier molecular flexibility index (Phi) is 6.08. The summed E-state index contributed by atoms with van der Waals surface area (Å²) in [6.07, 6.45) is 6.72. The smallest absolute Gasteiger partial charge is 0.0535 e. The van der Waals surface area contributed by atoms with Crippen molar-refractivity contribution in [2.45, 2.75) is 32.7 Å². The highest BCUT2D eigenvalue weighted by Gasteiger charge is 2.21. The molecule has 0 saturated carbocycles. The predicted octanol–water partition coefficient (Wildman–Crippen LogP) is 3.81. The minimum Gasteiger partial charge on any atom is -0.314 e. The minimum absolute atomic E-state index is 0.376. The van der Waals surface area contributed by atoms with E-state index in [-0.39, 0.29) is 0 Å². The first-order valence-corrected chi connectivity index (χ1v) is 8.00. The van der Waals surface area contributed by atoms with Gasteiger partial charge in [-0.05, 0) is 36.6 Å².